The fraction of sp³-hybridized carbons (Fsp3) is 0.894. The Morgan fingerprint density at radius 2 is 0.803 bits per heavy atom. The van der Waals surface area contributed by atoms with Crippen LogP contribution in [0.2, 0.25) is 0 Å². The summed E-state index contributed by atoms with van der Waals surface area (Å²) in [5.41, 5.74) is -9.33. The first-order valence-electron chi connectivity index (χ1n) is 46.6. The number of rotatable bonds is 23. The van der Waals surface area contributed by atoms with Gasteiger partial charge >= 0.3 is 83.6 Å². The fourth-order valence-electron chi connectivity index (χ4n) is 26.2. The van der Waals surface area contributed by atoms with Gasteiger partial charge in [-0.1, -0.05) is 67.7 Å². The number of halogens is 10. The molecule has 0 radical (unpaired) electrons. The molecule has 0 amide bonds. The van der Waals surface area contributed by atoms with Crippen molar-refractivity contribution in [2.24, 2.45) is 145 Å². The first-order valence-corrected chi connectivity index (χ1v) is 46.6. The summed E-state index contributed by atoms with van der Waals surface area (Å²) >= 11 is 0. The maximum absolute atomic E-state index is 14.5. The number of carbonyl (C=O) groups excluding carboxylic acids is 10. The first-order chi connectivity index (χ1) is 58.7. The van der Waals surface area contributed by atoms with Crippen LogP contribution >= 0.6 is 0 Å². The molecule has 2 heterocycles. The highest BCUT2D eigenvalue weighted by Gasteiger charge is 2.76. The Morgan fingerprint density at radius 3 is 1.17 bits per heavy atom. The highest BCUT2D eigenvalue weighted by Crippen LogP contribution is 2.67. The van der Waals surface area contributed by atoms with E-state index in [1.54, 1.807) is 0 Å². The van der Waals surface area contributed by atoms with E-state index in [0.717, 1.165) is 130 Å². The Morgan fingerprint density at radius 1 is 0.433 bits per heavy atom. The lowest BCUT2D eigenvalue weighted by Crippen LogP contribution is -2.64. The van der Waals surface area contributed by atoms with Crippen LogP contribution in [-0.4, -0.2) is 169 Å². The Labute approximate surface area is 737 Å². The molecule has 19 aliphatic rings. The predicted octanol–water partition coefficient (Wildman–Crippen LogP) is 17.4. The molecule has 0 aromatic rings. The molecular formula is C94H134F10O23. The van der Waals surface area contributed by atoms with E-state index < -0.39 is 142 Å². The zero-order valence-corrected chi connectivity index (χ0v) is 76.5. The van der Waals surface area contributed by atoms with Crippen LogP contribution in [-0.2, 0) is 105 Å². The van der Waals surface area contributed by atoms with E-state index in [1.807, 2.05) is 41.5 Å². The Balaban J connectivity index is 0.000000145. The van der Waals surface area contributed by atoms with Crippen LogP contribution in [0.1, 0.15) is 278 Å². The second-order valence-electron chi connectivity index (χ2n) is 45.4. The minimum Gasteiger partial charge on any atom is -0.465 e. The smallest absolute Gasteiger partial charge is 0.465 e. The van der Waals surface area contributed by atoms with Gasteiger partial charge in [0, 0.05) is 34.5 Å². The third-order valence-electron chi connectivity index (χ3n) is 32.6. The number of fused-ring (bicyclic) bond motifs is 3. The molecule has 19 rings (SSSR count). The number of hydrogen-bond acceptors (Lipinski definition) is 23. The van der Waals surface area contributed by atoms with Gasteiger partial charge < -0.3 is 61.9 Å². The molecule has 19 fully saturated rings. The standard InChI is InChI=1S/C26H36O6.C23H33F5O5.C23H34O6.C22H31F5O6/c1-25(2,3)24(29)30-11-18-16-10-17-20(22(27)31-21(17)18)19(16)23(28)32-26(4)14-6-12-5-13(8-14)9-15(26)7-12;1-5-31-18(30)22(23(26,27)28,32-13-21(24,25)19(2,3)4)33-17(29)20-10-14-6-7-15(11-20)9-16(8-14)12-20;1-5-23(9-7-6-8-10-23)29-20(25)16-13-11-14-17(16)19(24)28-18(14)15(13)12-27-21(26)22(2,3)4;1-5-31-16(29)21(22(25,26)27,32-12-20(23,24)17(2,3)4)33-15(28)18-7-13-6-14(8-18)10-19(30,9-13)11-18/h12-21H,5-11H2,1-4H3;14-16H,5-13H2,1-4H3;13-18H,5-12H2,1-4H3;13-14,30H,5-12H2,1-4H3. The van der Waals surface area contributed by atoms with Crippen molar-refractivity contribution in [1.29, 1.82) is 0 Å². The van der Waals surface area contributed by atoms with Crippen LogP contribution in [0, 0.1) is 145 Å². The average Bonchev–Trinajstić information content (AvgIpc) is 1.47. The largest absolute Gasteiger partial charge is 0.468 e. The second kappa shape index (κ2) is 34.7. The third kappa shape index (κ3) is 18.6. The third-order valence-corrected chi connectivity index (χ3v) is 32.6. The van der Waals surface area contributed by atoms with Crippen molar-refractivity contribution >= 4 is 59.7 Å². The van der Waals surface area contributed by atoms with Gasteiger partial charge in [-0.25, -0.2) is 27.2 Å². The molecule has 23 nitrogen and oxygen atoms in total. The molecule has 18 atom stereocenters. The van der Waals surface area contributed by atoms with Gasteiger partial charge in [-0.2, -0.15) is 26.3 Å². The molecule has 17 saturated carbocycles. The summed E-state index contributed by atoms with van der Waals surface area (Å²) in [5.74, 6) is -23.3. The van der Waals surface area contributed by atoms with Gasteiger partial charge in [-0.05, 0) is 275 Å². The maximum atomic E-state index is 14.5. The monoisotopic (exact) mass is 1820 g/mol. The van der Waals surface area contributed by atoms with Gasteiger partial charge in [0.1, 0.15) is 36.6 Å². The van der Waals surface area contributed by atoms with Gasteiger partial charge in [0.05, 0.1) is 77.4 Å². The minimum absolute atomic E-state index is 0.0119. The summed E-state index contributed by atoms with van der Waals surface area (Å²) in [6.45, 7) is 20.1. The predicted molar refractivity (Wildman–Crippen MR) is 429 cm³/mol. The summed E-state index contributed by atoms with van der Waals surface area (Å²) < 4.78 is 206. The van der Waals surface area contributed by atoms with Gasteiger partial charge in [-0.15, -0.1) is 0 Å². The van der Waals surface area contributed by atoms with Crippen LogP contribution in [0.3, 0.4) is 0 Å². The SMILES string of the molecule is CC(C)(C)C(=O)OCC1C2CC3C1OC(=O)C3C2C(=O)OC1(C)C2CC3CC(C2)CC1C3.CCC1(OC(=O)C2C3CC4C(OC(=O)C42)C3COC(=O)C(C)(C)C)CCCCC1.CCOC(=O)C(OCC(F)(F)C(C)(C)C)(OC(=O)C12CC3CC(CC(O)(C3)C1)C2)C(F)(F)F.CCOC(=O)C(OCC(F)(F)C(C)(C)C)(OC(=O)C12CC3CCC(CC(C3)C1)C2)C(F)(F)F. The van der Waals surface area contributed by atoms with E-state index >= 15 is 0 Å². The fourth-order valence-corrected chi connectivity index (χ4v) is 26.2. The lowest BCUT2D eigenvalue weighted by Gasteiger charge is -2.59. The molecule has 2 aliphatic heterocycles. The molecule has 127 heavy (non-hydrogen) atoms. The highest BCUT2D eigenvalue weighted by atomic mass is 19.4. The summed E-state index contributed by atoms with van der Waals surface area (Å²) in [5, 5.41) is 10.8. The minimum atomic E-state index is -5.69. The quantitative estimate of drug-likeness (QED) is 0.0430. The lowest BCUT2D eigenvalue weighted by molar-refractivity contribution is -0.370. The van der Waals surface area contributed by atoms with Crippen molar-refractivity contribution in [2.75, 3.05) is 39.6 Å². The molecule has 2 saturated heterocycles. The molecule has 718 valence electrons. The van der Waals surface area contributed by atoms with E-state index in [2.05, 4.69) is 32.8 Å². The number of alkyl halides is 10. The second-order valence-corrected chi connectivity index (χ2v) is 45.4. The van der Waals surface area contributed by atoms with Gasteiger partial charge in [0.25, 0.3) is 11.8 Å². The van der Waals surface area contributed by atoms with E-state index in [0.29, 0.717) is 43.9 Å². The Bertz CT molecular complexity index is 3980. The van der Waals surface area contributed by atoms with Crippen molar-refractivity contribution < 1.29 is 154 Å². The number of hydrogen-bond donors (Lipinski definition) is 1. The van der Waals surface area contributed by atoms with Crippen molar-refractivity contribution in [3.8, 4) is 0 Å². The zero-order chi connectivity index (χ0) is 93.5. The van der Waals surface area contributed by atoms with Crippen molar-refractivity contribution in [2.45, 2.75) is 343 Å². The molecule has 33 heteroatoms. The molecule has 0 aromatic heterocycles. The number of carbonyl (C=O) groups is 10. The van der Waals surface area contributed by atoms with Crippen molar-refractivity contribution in [1.82, 2.24) is 0 Å². The van der Waals surface area contributed by atoms with Crippen molar-refractivity contribution in [3.63, 3.8) is 0 Å². The van der Waals surface area contributed by atoms with E-state index in [1.165, 1.54) is 52.4 Å². The molecule has 16 bridgehead atoms. The highest BCUT2D eigenvalue weighted by molar-refractivity contribution is 5.89. The van der Waals surface area contributed by atoms with Gasteiger partial charge in [0.15, 0.2) is 0 Å². The van der Waals surface area contributed by atoms with E-state index in [4.69, 9.17) is 37.9 Å². The summed E-state index contributed by atoms with van der Waals surface area (Å²) in [6.07, 6.45) is 8.43. The topological polar surface area (TPSA) is 302 Å². The van der Waals surface area contributed by atoms with Crippen molar-refractivity contribution in [3.05, 3.63) is 0 Å². The molecule has 0 spiro atoms. The summed E-state index contributed by atoms with van der Waals surface area (Å²) in [6, 6.07) is 0. The van der Waals surface area contributed by atoms with Gasteiger partial charge in [-0.3, -0.25) is 38.4 Å². The first kappa shape index (κ1) is 98.4. The van der Waals surface area contributed by atoms with Gasteiger partial charge in [0.2, 0.25) is 0 Å². The number of esters is 10. The molecular weight excluding hydrogens is 1690 g/mol. The van der Waals surface area contributed by atoms with Crippen LogP contribution in [0.15, 0.2) is 0 Å². The molecule has 1 N–H and O–H groups in total. The van der Waals surface area contributed by atoms with E-state index in [-0.39, 0.29) is 163 Å². The Kier molecular flexibility index (Phi) is 26.9. The zero-order valence-electron chi connectivity index (χ0n) is 76.5. The number of ether oxygens (including phenoxy) is 12. The molecule has 0 aromatic carbocycles. The van der Waals surface area contributed by atoms with Crippen LogP contribution in [0.25, 0.3) is 0 Å². The molecule has 17 aliphatic carbocycles. The number of aliphatic hydroxyl groups is 1. The van der Waals surface area contributed by atoms with E-state index in [9.17, 15) is 97.0 Å². The summed E-state index contributed by atoms with van der Waals surface area (Å²) in [7, 11) is 0. The lowest BCUT2D eigenvalue weighted by atomic mass is 9.48. The average molecular weight is 1820 g/mol. The van der Waals surface area contributed by atoms with Crippen LogP contribution in [0.4, 0.5) is 43.9 Å². The maximum Gasteiger partial charge on any atom is 0.468 e. The van der Waals surface area contributed by atoms with Crippen LogP contribution in [0.5, 0.6) is 0 Å². The Hall–Kier alpha value is -6.12. The van der Waals surface area contributed by atoms with Crippen LogP contribution < -0.4 is 0 Å². The molecule has 18 unspecified atom stereocenters. The summed E-state index contributed by atoms with van der Waals surface area (Å²) in [4.78, 5) is 128. The normalized spacial score (nSPS) is 38.0.